The standard InChI is InChI=1S/C17H24N2O/c1-2-13-20-16-5-6-17-15(14-16)7-10-19(17)12-11-18-8-3-4-9-18/h5-7,10,14H,2-4,8-9,11-13H2,1H3. The van der Waals surface area contributed by atoms with Crippen molar-refractivity contribution in [2.24, 2.45) is 0 Å². The van der Waals surface area contributed by atoms with E-state index in [2.05, 4.69) is 46.9 Å². The van der Waals surface area contributed by atoms with Crippen LogP contribution >= 0.6 is 0 Å². The maximum Gasteiger partial charge on any atom is 0.120 e. The third-order valence-electron chi connectivity index (χ3n) is 4.07. The highest BCUT2D eigenvalue weighted by Gasteiger charge is 2.11. The smallest absolute Gasteiger partial charge is 0.120 e. The zero-order valence-electron chi connectivity index (χ0n) is 12.3. The van der Waals surface area contributed by atoms with E-state index in [1.54, 1.807) is 0 Å². The summed E-state index contributed by atoms with van der Waals surface area (Å²) in [6, 6.07) is 8.62. The summed E-state index contributed by atoms with van der Waals surface area (Å²) in [6.45, 7) is 7.72. The number of likely N-dealkylation sites (tertiary alicyclic amines) is 1. The summed E-state index contributed by atoms with van der Waals surface area (Å²) in [4.78, 5) is 2.56. The molecule has 1 aromatic carbocycles. The Morgan fingerprint density at radius 3 is 2.75 bits per heavy atom. The van der Waals surface area contributed by atoms with Crippen LogP contribution < -0.4 is 4.74 Å². The molecule has 20 heavy (non-hydrogen) atoms. The van der Waals surface area contributed by atoms with E-state index in [4.69, 9.17) is 4.74 Å². The highest BCUT2D eigenvalue weighted by Crippen LogP contribution is 2.22. The van der Waals surface area contributed by atoms with Crippen LogP contribution in [0.1, 0.15) is 26.2 Å². The Morgan fingerprint density at radius 2 is 1.95 bits per heavy atom. The molecule has 0 unspecified atom stereocenters. The maximum absolute atomic E-state index is 5.70. The molecule has 1 fully saturated rings. The van der Waals surface area contributed by atoms with Crippen molar-refractivity contribution in [1.29, 1.82) is 0 Å². The van der Waals surface area contributed by atoms with Crippen LogP contribution in [0.3, 0.4) is 0 Å². The second kappa shape index (κ2) is 6.31. The number of nitrogens with zero attached hydrogens (tertiary/aromatic N) is 2. The molecule has 2 aromatic rings. The molecule has 0 aliphatic carbocycles. The third kappa shape index (κ3) is 2.98. The van der Waals surface area contributed by atoms with Gasteiger partial charge in [0.05, 0.1) is 6.61 Å². The molecular formula is C17H24N2O. The molecule has 0 N–H and O–H groups in total. The van der Waals surface area contributed by atoms with Crippen molar-refractivity contribution in [2.45, 2.75) is 32.7 Å². The van der Waals surface area contributed by atoms with Crippen LogP contribution in [0.2, 0.25) is 0 Å². The van der Waals surface area contributed by atoms with Crippen molar-refractivity contribution in [2.75, 3.05) is 26.2 Å². The van der Waals surface area contributed by atoms with Crippen LogP contribution in [0, 0.1) is 0 Å². The molecule has 0 atom stereocenters. The first-order chi connectivity index (χ1) is 9.86. The molecule has 1 saturated heterocycles. The Morgan fingerprint density at radius 1 is 1.10 bits per heavy atom. The van der Waals surface area contributed by atoms with E-state index in [0.717, 1.165) is 31.9 Å². The molecule has 0 spiro atoms. The second-order valence-corrected chi connectivity index (χ2v) is 5.63. The minimum absolute atomic E-state index is 0.793. The SMILES string of the molecule is CCCOc1ccc2c(ccn2CCN2CCCC2)c1. The molecular weight excluding hydrogens is 248 g/mol. The van der Waals surface area contributed by atoms with Gasteiger partial charge in [-0.25, -0.2) is 0 Å². The Labute approximate surface area is 121 Å². The Kier molecular flexibility index (Phi) is 4.26. The maximum atomic E-state index is 5.70. The Bertz CT molecular complexity index is 555. The molecule has 3 nitrogen and oxygen atoms in total. The van der Waals surface area contributed by atoms with Gasteiger partial charge < -0.3 is 14.2 Å². The summed E-state index contributed by atoms with van der Waals surface area (Å²) < 4.78 is 8.05. The highest BCUT2D eigenvalue weighted by molar-refractivity contribution is 5.81. The lowest BCUT2D eigenvalue weighted by Crippen LogP contribution is -2.23. The number of fused-ring (bicyclic) bond motifs is 1. The first kappa shape index (κ1) is 13.5. The molecule has 0 bridgehead atoms. The molecule has 1 aliphatic heterocycles. The molecule has 0 saturated carbocycles. The van der Waals surface area contributed by atoms with Gasteiger partial charge in [0.1, 0.15) is 5.75 Å². The molecule has 3 heteroatoms. The molecule has 0 amide bonds. The Hall–Kier alpha value is -1.48. The first-order valence-corrected chi connectivity index (χ1v) is 7.81. The molecule has 108 valence electrons. The molecule has 2 heterocycles. The summed E-state index contributed by atoms with van der Waals surface area (Å²) >= 11 is 0. The number of hydrogen-bond acceptors (Lipinski definition) is 2. The van der Waals surface area contributed by atoms with Crippen LogP contribution in [0.5, 0.6) is 5.75 Å². The van der Waals surface area contributed by atoms with Crippen molar-refractivity contribution in [1.82, 2.24) is 9.47 Å². The van der Waals surface area contributed by atoms with E-state index in [-0.39, 0.29) is 0 Å². The van der Waals surface area contributed by atoms with Gasteiger partial charge in [0, 0.05) is 30.2 Å². The van der Waals surface area contributed by atoms with Crippen LogP contribution in [-0.4, -0.2) is 35.7 Å². The summed E-state index contributed by atoms with van der Waals surface area (Å²) in [5.41, 5.74) is 1.31. The lowest BCUT2D eigenvalue weighted by atomic mass is 10.2. The van der Waals surface area contributed by atoms with E-state index < -0.39 is 0 Å². The van der Waals surface area contributed by atoms with Crippen molar-refractivity contribution in [3.63, 3.8) is 0 Å². The van der Waals surface area contributed by atoms with E-state index in [9.17, 15) is 0 Å². The fourth-order valence-electron chi connectivity index (χ4n) is 2.94. The van der Waals surface area contributed by atoms with Crippen molar-refractivity contribution < 1.29 is 4.74 Å². The van der Waals surface area contributed by atoms with E-state index in [0.29, 0.717) is 0 Å². The fourth-order valence-corrected chi connectivity index (χ4v) is 2.94. The summed E-state index contributed by atoms with van der Waals surface area (Å²) in [5.74, 6) is 0.983. The zero-order chi connectivity index (χ0) is 13.8. The van der Waals surface area contributed by atoms with E-state index in [1.165, 1.54) is 36.8 Å². The fraction of sp³-hybridized carbons (Fsp3) is 0.529. The average Bonchev–Trinajstić information content (AvgIpc) is 3.12. The van der Waals surface area contributed by atoms with Gasteiger partial charge in [-0.3, -0.25) is 0 Å². The van der Waals surface area contributed by atoms with Gasteiger partial charge in [0.15, 0.2) is 0 Å². The molecule has 3 rings (SSSR count). The molecule has 1 aliphatic rings. The number of rotatable bonds is 6. The largest absolute Gasteiger partial charge is 0.494 e. The summed E-state index contributed by atoms with van der Waals surface area (Å²) in [6.07, 6.45) is 5.98. The zero-order valence-corrected chi connectivity index (χ0v) is 12.3. The number of hydrogen-bond donors (Lipinski definition) is 0. The lowest BCUT2D eigenvalue weighted by Gasteiger charge is -2.15. The average molecular weight is 272 g/mol. The van der Waals surface area contributed by atoms with E-state index in [1.807, 2.05) is 0 Å². The van der Waals surface area contributed by atoms with Gasteiger partial charge in [0.2, 0.25) is 0 Å². The summed E-state index contributed by atoms with van der Waals surface area (Å²) in [7, 11) is 0. The lowest BCUT2D eigenvalue weighted by molar-refractivity contribution is 0.317. The number of ether oxygens (including phenoxy) is 1. The predicted molar refractivity (Wildman–Crippen MR) is 83.4 cm³/mol. The first-order valence-electron chi connectivity index (χ1n) is 7.81. The monoisotopic (exact) mass is 272 g/mol. The van der Waals surface area contributed by atoms with Gasteiger partial charge in [-0.1, -0.05) is 6.92 Å². The number of benzene rings is 1. The topological polar surface area (TPSA) is 17.4 Å². The predicted octanol–water partition coefficient (Wildman–Crippen LogP) is 3.53. The minimum atomic E-state index is 0.793. The van der Waals surface area contributed by atoms with Crippen molar-refractivity contribution in [3.05, 3.63) is 30.5 Å². The second-order valence-electron chi connectivity index (χ2n) is 5.63. The summed E-state index contributed by atoms with van der Waals surface area (Å²) in [5, 5.41) is 1.28. The third-order valence-corrected chi connectivity index (χ3v) is 4.07. The number of aromatic nitrogens is 1. The minimum Gasteiger partial charge on any atom is -0.494 e. The van der Waals surface area contributed by atoms with Gasteiger partial charge in [0.25, 0.3) is 0 Å². The van der Waals surface area contributed by atoms with Crippen LogP contribution in [-0.2, 0) is 6.54 Å². The quantitative estimate of drug-likeness (QED) is 0.800. The van der Waals surface area contributed by atoms with Crippen LogP contribution in [0.4, 0.5) is 0 Å². The van der Waals surface area contributed by atoms with E-state index >= 15 is 0 Å². The highest BCUT2D eigenvalue weighted by atomic mass is 16.5. The molecule has 0 radical (unpaired) electrons. The normalized spacial score (nSPS) is 16.1. The van der Waals surface area contributed by atoms with Gasteiger partial charge in [-0.05, 0) is 56.6 Å². The van der Waals surface area contributed by atoms with Crippen LogP contribution in [0.15, 0.2) is 30.5 Å². The van der Waals surface area contributed by atoms with Gasteiger partial charge in [-0.2, -0.15) is 0 Å². The van der Waals surface area contributed by atoms with Crippen LogP contribution in [0.25, 0.3) is 10.9 Å². The van der Waals surface area contributed by atoms with Crippen molar-refractivity contribution >= 4 is 10.9 Å². The van der Waals surface area contributed by atoms with Gasteiger partial charge >= 0.3 is 0 Å². The van der Waals surface area contributed by atoms with Crippen molar-refractivity contribution in [3.8, 4) is 5.75 Å². The van der Waals surface area contributed by atoms with Gasteiger partial charge in [-0.15, -0.1) is 0 Å². The Balaban J connectivity index is 1.68. The molecule has 1 aromatic heterocycles.